The lowest BCUT2D eigenvalue weighted by atomic mass is 9.95. The van der Waals surface area contributed by atoms with E-state index in [4.69, 9.17) is 33.7 Å². The third kappa shape index (κ3) is 4.83. The Balaban J connectivity index is 1.86. The molecule has 1 saturated heterocycles. The molecule has 0 aromatic heterocycles. The maximum Gasteiger partial charge on any atom is 0.241 e. The van der Waals surface area contributed by atoms with Crippen LogP contribution in [-0.2, 0) is 14.3 Å². The van der Waals surface area contributed by atoms with Gasteiger partial charge in [0.15, 0.2) is 0 Å². The van der Waals surface area contributed by atoms with Crippen molar-refractivity contribution in [2.45, 2.75) is 18.9 Å². The Morgan fingerprint density at radius 3 is 2.58 bits per heavy atom. The van der Waals surface area contributed by atoms with E-state index in [-0.39, 0.29) is 24.3 Å². The number of benzene rings is 1. The van der Waals surface area contributed by atoms with Crippen LogP contribution in [0.1, 0.15) is 12.8 Å². The number of carbonyl (C=O) groups excluding carboxylic acids is 2. The minimum Gasteiger partial charge on any atom is -0.383 e. The minimum absolute atomic E-state index is 0.0818. The van der Waals surface area contributed by atoms with Crippen LogP contribution in [0.25, 0.3) is 0 Å². The van der Waals surface area contributed by atoms with E-state index in [1.54, 1.807) is 23.1 Å². The van der Waals surface area contributed by atoms with E-state index in [1.165, 1.54) is 7.11 Å². The van der Waals surface area contributed by atoms with Crippen molar-refractivity contribution in [1.29, 1.82) is 0 Å². The molecule has 8 heteroatoms. The molecule has 1 unspecified atom stereocenters. The van der Waals surface area contributed by atoms with Crippen molar-refractivity contribution in [2.24, 2.45) is 11.7 Å². The number of piperidine rings is 1. The van der Waals surface area contributed by atoms with Gasteiger partial charge < -0.3 is 20.7 Å². The first-order chi connectivity index (χ1) is 11.4. The number of carbonyl (C=O) groups is 2. The van der Waals surface area contributed by atoms with Gasteiger partial charge in [-0.25, -0.2) is 0 Å². The van der Waals surface area contributed by atoms with Crippen LogP contribution in [0.3, 0.4) is 0 Å². The van der Waals surface area contributed by atoms with E-state index < -0.39 is 6.04 Å². The zero-order valence-electron chi connectivity index (χ0n) is 13.4. The van der Waals surface area contributed by atoms with Crippen LogP contribution in [0.2, 0.25) is 10.0 Å². The highest BCUT2D eigenvalue weighted by molar-refractivity contribution is 6.42. The number of likely N-dealkylation sites (tertiary alicyclic amines) is 1. The SMILES string of the molecule is COCC(N)C(=O)N1CCC(C(=O)Nc2ccc(Cl)c(Cl)c2)CC1. The quantitative estimate of drug-likeness (QED) is 0.827. The lowest BCUT2D eigenvalue weighted by Crippen LogP contribution is -2.49. The normalized spacial score (nSPS) is 16.8. The van der Waals surface area contributed by atoms with Crippen LogP contribution in [0.5, 0.6) is 0 Å². The Morgan fingerprint density at radius 1 is 1.33 bits per heavy atom. The number of anilines is 1. The molecular weight excluding hydrogens is 353 g/mol. The van der Waals surface area contributed by atoms with Crippen LogP contribution in [0.4, 0.5) is 5.69 Å². The molecule has 2 amide bonds. The number of nitrogens with one attached hydrogen (secondary N) is 1. The first kappa shape index (κ1) is 19.0. The largest absolute Gasteiger partial charge is 0.383 e. The molecule has 1 heterocycles. The first-order valence-electron chi connectivity index (χ1n) is 7.71. The predicted octanol–water partition coefficient (Wildman–Crippen LogP) is 2.14. The fourth-order valence-electron chi connectivity index (χ4n) is 2.67. The highest BCUT2D eigenvalue weighted by Crippen LogP contribution is 2.26. The zero-order valence-corrected chi connectivity index (χ0v) is 14.9. The van der Waals surface area contributed by atoms with Crippen molar-refractivity contribution in [3.63, 3.8) is 0 Å². The number of amides is 2. The van der Waals surface area contributed by atoms with E-state index in [9.17, 15) is 9.59 Å². The number of halogens is 2. The van der Waals surface area contributed by atoms with Crippen LogP contribution < -0.4 is 11.1 Å². The number of hydrogen-bond acceptors (Lipinski definition) is 4. The van der Waals surface area contributed by atoms with Crippen LogP contribution >= 0.6 is 23.2 Å². The van der Waals surface area contributed by atoms with Gasteiger partial charge in [-0.3, -0.25) is 9.59 Å². The number of hydrogen-bond donors (Lipinski definition) is 2. The van der Waals surface area contributed by atoms with Gasteiger partial charge in [0.1, 0.15) is 6.04 Å². The smallest absolute Gasteiger partial charge is 0.241 e. The average Bonchev–Trinajstić information content (AvgIpc) is 2.58. The van der Waals surface area contributed by atoms with Crippen molar-refractivity contribution >= 4 is 40.7 Å². The lowest BCUT2D eigenvalue weighted by Gasteiger charge is -2.32. The minimum atomic E-state index is -0.656. The molecule has 24 heavy (non-hydrogen) atoms. The summed E-state index contributed by atoms with van der Waals surface area (Å²) < 4.78 is 4.90. The maximum atomic E-state index is 12.3. The van der Waals surface area contributed by atoms with E-state index >= 15 is 0 Å². The van der Waals surface area contributed by atoms with Gasteiger partial charge in [0.05, 0.1) is 16.7 Å². The summed E-state index contributed by atoms with van der Waals surface area (Å²) in [6.45, 7) is 1.21. The molecule has 1 atom stereocenters. The summed E-state index contributed by atoms with van der Waals surface area (Å²) in [6.07, 6.45) is 1.19. The van der Waals surface area contributed by atoms with Crippen molar-refractivity contribution in [3.8, 4) is 0 Å². The highest BCUT2D eigenvalue weighted by atomic mass is 35.5. The molecule has 0 saturated carbocycles. The summed E-state index contributed by atoms with van der Waals surface area (Å²) in [4.78, 5) is 26.1. The van der Waals surface area contributed by atoms with Crippen LogP contribution in [0, 0.1) is 5.92 Å². The highest BCUT2D eigenvalue weighted by Gasteiger charge is 2.29. The molecule has 0 radical (unpaired) electrons. The van der Waals surface area contributed by atoms with E-state index in [0.29, 0.717) is 41.7 Å². The molecular formula is C16H21Cl2N3O3. The number of methoxy groups -OCH3 is 1. The van der Waals surface area contributed by atoms with Crippen molar-refractivity contribution in [1.82, 2.24) is 4.90 Å². The summed E-state index contributed by atoms with van der Waals surface area (Å²) in [5.74, 6) is -0.371. The fraction of sp³-hybridized carbons (Fsp3) is 0.500. The molecule has 3 N–H and O–H groups in total. The van der Waals surface area contributed by atoms with Gasteiger partial charge in [-0.1, -0.05) is 23.2 Å². The summed E-state index contributed by atoms with van der Waals surface area (Å²) >= 11 is 11.8. The van der Waals surface area contributed by atoms with Gasteiger partial charge in [0.25, 0.3) is 0 Å². The standard InChI is InChI=1S/C16H21Cl2N3O3/c1-24-9-14(19)16(23)21-6-4-10(5-7-21)15(22)20-11-2-3-12(17)13(18)8-11/h2-3,8,10,14H,4-7,9,19H2,1H3,(H,20,22). The number of nitrogens with zero attached hydrogens (tertiary/aromatic N) is 1. The lowest BCUT2D eigenvalue weighted by molar-refractivity contribution is -0.136. The molecule has 0 bridgehead atoms. The monoisotopic (exact) mass is 373 g/mol. The second kappa shape index (κ2) is 8.67. The molecule has 1 aromatic rings. The third-order valence-electron chi connectivity index (χ3n) is 4.03. The second-order valence-electron chi connectivity index (χ2n) is 5.78. The van der Waals surface area contributed by atoms with Crippen molar-refractivity contribution < 1.29 is 14.3 Å². The Hall–Kier alpha value is -1.34. The molecule has 0 aliphatic carbocycles. The van der Waals surface area contributed by atoms with Gasteiger partial charge in [0.2, 0.25) is 11.8 Å². The molecule has 6 nitrogen and oxygen atoms in total. The van der Waals surface area contributed by atoms with Gasteiger partial charge in [-0.2, -0.15) is 0 Å². The molecule has 1 fully saturated rings. The zero-order chi connectivity index (χ0) is 17.7. The van der Waals surface area contributed by atoms with Gasteiger partial charge >= 0.3 is 0 Å². The molecule has 1 aliphatic rings. The van der Waals surface area contributed by atoms with E-state index in [1.807, 2.05) is 0 Å². The van der Waals surface area contributed by atoms with E-state index in [2.05, 4.69) is 5.32 Å². The maximum absolute atomic E-state index is 12.3. The third-order valence-corrected chi connectivity index (χ3v) is 4.77. The number of nitrogens with two attached hydrogens (primary N) is 1. The van der Waals surface area contributed by atoms with Crippen molar-refractivity contribution in [3.05, 3.63) is 28.2 Å². The predicted molar refractivity (Wildman–Crippen MR) is 94.2 cm³/mol. The van der Waals surface area contributed by atoms with Crippen LogP contribution in [-0.4, -0.2) is 49.6 Å². The Labute approximate surface area is 151 Å². The second-order valence-corrected chi connectivity index (χ2v) is 6.59. The van der Waals surface area contributed by atoms with Gasteiger partial charge in [0, 0.05) is 31.8 Å². The number of rotatable bonds is 5. The Kier molecular flexibility index (Phi) is 6.86. The fourth-order valence-corrected chi connectivity index (χ4v) is 2.96. The summed E-state index contributed by atoms with van der Waals surface area (Å²) in [5.41, 5.74) is 6.37. The van der Waals surface area contributed by atoms with E-state index in [0.717, 1.165) is 0 Å². The Bertz CT molecular complexity index is 604. The van der Waals surface area contributed by atoms with Gasteiger partial charge in [-0.05, 0) is 31.0 Å². The topological polar surface area (TPSA) is 84.7 Å². The Morgan fingerprint density at radius 2 is 2.00 bits per heavy atom. The number of ether oxygens (including phenoxy) is 1. The molecule has 0 spiro atoms. The molecule has 1 aliphatic heterocycles. The molecule has 1 aromatic carbocycles. The molecule has 132 valence electrons. The average molecular weight is 374 g/mol. The van der Waals surface area contributed by atoms with Gasteiger partial charge in [-0.15, -0.1) is 0 Å². The summed E-state index contributed by atoms with van der Waals surface area (Å²) in [7, 11) is 1.51. The van der Waals surface area contributed by atoms with Crippen molar-refractivity contribution in [2.75, 3.05) is 32.1 Å². The first-order valence-corrected chi connectivity index (χ1v) is 8.47. The summed E-state index contributed by atoms with van der Waals surface area (Å²) in [5, 5.41) is 3.67. The summed E-state index contributed by atoms with van der Waals surface area (Å²) in [6, 6.07) is 4.30. The van der Waals surface area contributed by atoms with Crippen LogP contribution in [0.15, 0.2) is 18.2 Å². The molecule has 2 rings (SSSR count).